The Morgan fingerprint density at radius 3 is 3.07 bits per heavy atom. The Balaban J connectivity index is 2.32. The van der Waals surface area contributed by atoms with Gasteiger partial charge in [-0.15, -0.1) is 6.58 Å². The first-order valence-electron chi connectivity index (χ1n) is 5.26. The minimum absolute atomic E-state index is 0.0833. The van der Waals surface area contributed by atoms with Crippen LogP contribution in [0.3, 0.4) is 0 Å². The molecule has 1 unspecified atom stereocenters. The van der Waals surface area contributed by atoms with Gasteiger partial charge in [-0.05, 0) is 26.7 Å². The van der Waals surface area contributed by atoms with Crippen LogP contribution < -0.4 is 0 Å². The summed E-state index contributed by atoms with van der Waals surface area (Å²) in [6.07, 6.45) is 11.4. The van der Waals surface area contributed by atoms with Crippen LogP contribution in [-0.2, 0) is 4.74 Å². The van der Waals surface area contributed by atoms with E-state index in [1.807, 2.05) is 6.08 Å². The first-order chi connectivity index (χ1) is 6.66. The SMILES string of the molecule is C=CCCCOC1(C)C=CC=C(C)C1. The standard InChI is InChI=1S/C13H20O/c1-4-5-6-10-14-13(3)9-7-8-12(2)11-13/h4,7-9H,1,5-6,10-11H2,2-3H3. The van der Waals surface area contributed by atoms with Crippen molar-refractivity contribution in [2.24, 2.45) is 0 Å². The highest BCUT2D eigenvalue weighted by Crippen LogP contribution is 2.26. The molecule has 0 amide bonds. The van der Waals surface area contributed by atoms with E-state index in [2.05, 4.69) is 38.7 Å². The quantitative estimate of drug-likeness (QED) is 0.477. The third kappa shape index (κ3) is 3.51. The summed E-state index contributed by atoms with van der Waals surface area (Å²) in [7, 11) is 0. The van der Waals surface area contributed by atoms with E-state index in [0.29, 0.717) is 0 Å². The molecule has 78 valence electrons. The van der Waals surface area contributed by atoms with Crippen molar-refractivity contribution in [3.05, 3.63) is 36.5 Å². The van der Waals surface area contributed by atoms with Crippen LogP contribution in [0.15, 0.2) is 36.5 Å². The molecule has 14 heavy (non-hydrogen) atoms. The van der Waals surface area contributed by atoms with Crippen LogP contribution in [0.4, 0.5) is 0 Å². The van der Waals surface area contributed by atoms with Gasteiger partial charge in [0.15, 0.2) is 0 Å². The van der Waals surface area contributed by atoms with Crippen molar-refractivity contribution in [1.82, 2.24) is 0 Å². The van der Waals surface area contributed by atoms with Gasteiger partial charge >= 0.3 is 0 Å². The maximum absolute atomic E-state index is 5.87. The number of allylic oxidation sites excluding steroid dienone is 3. The van der Waals surface area contributed by atoms with Gasteiger partial charge in [0.1, 0.15) is 0 Å². The molecule has 0 fully saturated rings. The van der Waals surface area contributed by atoms with Crippen molar-refractivity contribution in [3.63, 3.8) is 0 Å². The van der Waals surface area contributed by atoms with Gasteiger partial charge in [-0.1, -0.05) is 29.9 Å². The van der Waals surface area contributed by atoms with E-state index >= 15 is 0 Å². The molecule has 1 aliphatic rings. The molecule has 0 radical (unpaired) electrons. The number of hydrogen-bond donors (Lipinski definition) is 0. The lowest BCUT2D eigenvalue weighted by atomic mass is 9.92. The second-order valence-corrected chi connectivity index (χ2v) is 4.14. The van der Waals surface area contributed by atoms with Gasteiger partial charge in [-0.25, -0.2) is 0 Å². The Morgan fingerprint density at radius 1 is 1.64 bits per heavy atom. The van der Waals surface area contributed by atoms with Crippen LogP contribution in [0.5, 0.6) is 0 Å². The number of ether oxygens (including phenoxy) is 1. The largest absolute Gasteiger partial charge is 0.371 e. The van der Waals surface area contributed by atoms with Crippen molar-refractivity contribution >= 4 is 0 Å². The summed E-state index contributed by atoms with van der Waals surface area (Å²) in [4.78, 5) is 0. The Morgan fingerprint density at radius 2 is 2.43 bits per heavy atom. The van der Waals surface area contributed by atoms with E-state index in [4.69, 9.17) is 4.74 Å². The Labute approximate surface area is 87.2 Å². The van der Waals surface area contributed by atoms with Crippen LogP contribution >= 0.6 is 0 Å². The summed E-state index contributed by atoms with van der Waals surface area (Å²) >= 11 is 0. The van der Waals surface area contributed by atoms with E-state index < -0.39 is 0 Å². The van der Waals surface area contributed by atoms with Gasteiger partial charge < -0.3 is 4.74 Å². The summed E-state index contributed by atoms with van der Waals surface area (Å²) in [6.45, 7) is 8.81. The molecular weight excluding hydrogens is 172 g/mol. The van der Waals surface area contributed by atoms with Gasteiger partial charge in [-0.2, -0.15) is 0 Å². The average Bonchev–Trinajstić information content (AvgIpc) is 2.12. The molecule has 1 aliphatic carbocycles. The molecule has 0 heterocycles. The summed E-state index contributed by atoms with van der Waals surface area (Å²) < 4.78 is 5.87. The maximum Gasteiger partial charge on any atom is 0.0874 e. The zero-order valence-corrected chi connectivity index (χ0v) is 9.25. The molecule has 0 saturated heterocycles. The minimum atomic E-state index is -0.0833. The molecule has 0 aromatic carbocycles. The molecule has 1 atom stereocenters. The molecule has 1 heteroatoms. The summed E-state index contributed by atoms with van der Waals surface area (Å²) in [6, 6.07) is 0. The third-order valence-electron chi connectivity index (χ3n) is 2.44. The van der Waals surface area contributed by atoms with Crippen molar-refractivity contribution in [3.8, 4) is 0 Å². The van der Waals surface area contributed by atoms with Crippen molar-refractivity contribution in [2.45, 2.75) is 38.7 Å². The molecule has 0 spiro atoms. The average molecular weight is 192 g/mol. The predicted octanol–water partition coefficient (Wildman–Crippen LogP) is 3.63. The number of hydrogen-bond acceptors (Lipinski definition) is 1. The Kier molecular flexibility index (Phi) is 4.15. The maximum atomic E-state index is 5.87. The van der Waals surface area contributed by atoms with Crippen molar-refractivity contribution in [2.75, 3.05) is 6.61 Å². The highest BCUT2D eigenvalue weighted by molar-refractivity contribution is 5.23. The molecule has 0 aromatic heterocycles. The molecule has 1 rings (SSSR count). The molecule has 0 saturated carbocycles. The van der Waals surface area contributed by atoms with Crippen LogP contribution in [-0.4, -0.2) is 12.2 Å². The fourth-order valence-electron chi connectivity index (χ4n) is 1.72. The molecule has 0 aromatic rings. The Bertz CT molecular complexity index is 250. The van der Waals surface area contributed by atoms with E-state index in [-0.39, 0.29) is 5.60 Å². The van der Waals surface area contributed by atoms with Crippen LogP contribution in [0.1, 0.15) is 33.1 Å². The zero-order chi connectivity index (χ0) is 10.4. The van der Waals surface area contributed by atoms with Gasteiger partial charge in [0.25, 0.3) is 0 Å². The predicted molar refractivity (Wildman–Crippen MR) is 61.3 cm³/mol. The highest BCUT2D eigenvalue weighted by Gasteiger charge is 2.23. The zero-order valence-electron chi connectivity index (χ0n) is 9.25. The molecule has 0 N–H and O–H groups in total. The van der Waals surface area contributed by atoms with Gasteiger partial charge in [0.05, 0.1) is 5.60 Å². The second-order valence-electron chi connectivity index (χ2n) is 4.14. The van der Waals surface area contributed by atoms with Crippen LogP contribution in [0, 0.1) is 0 Å². The first-order valence-corrected chi connectivity index (χ1v) is 5.26. The number of unbranched alkanes of at least 4 members (excludes halogenated alkanes) is 1. The normalized spacial score (nSPS) is 26.0. The van der Waals surface area contributed by atoms with E-state index in [1.54, 1.807) is 0 Å². The highest BCUT2D eigenvalue weighted by atomic mass is 16.5. The second kappa shape index (κ2) is 5.16. The topological polar surface area (TPSA) is 9.23 Å². The van der Waals surface area contributed by atoms with Crippen LogP contribution in [0.25, 0.3) is 0 Å². The van der Waals surface area contributed by atoms with Crippen molar-refractivity contribution < 1.29 is 4.74 Å². The molecular formula is C13H20O. The van der Waals surface area contributed by atoms with E-state index in [0.717, 1.165) is 25.9 Å². The Hall–Kier alpha value is -0.820. The summed E-state index contributed by atoms with van der Waals surface area (Å²) in [5.41, 5.74) is 1.30. The number of rotatable bonds is 5. The molecule has 0 bridgehead atoms. The fourth-order valence-corrected chi connectivity index (χ4v) is 1.72. The summed E-state index contributed by atoms with van der Waals surface area (Å²) in [5.74, 6) is 0. The van der Waals surface area contributed by atoms with Gasteiger partial charge in [0, 0.05) is 13.0 Å². The van der Waals surface area contributed by atoms with E-state index in [1.165, 1.54) is 5.57 Å². The molecule has 0 aliphatic heterocycles. The lowest BCUT2D eigenvalue weighted by Gasteiger charge is -2.29. The first kappa shape index (κ1) is 11.3. The monoisotopic (exact) mass is 192 g/mol. The minimum Gasteiger partial charge on any atom is -0.371 e. The van der Waals surface area contributed by atoms with E-state index in [9.17, 15) is 0 Å². The van der Waals surface area contributed by atoms with Crippen LogP contribution in [0.2, 0.25) is 0 Å². The smallest absolute Gasteiger partial charge is 0.0874 e. The third-order valence-corrected chi connectivity index (χ3v) is 2.44. The lowest BCUT2D eigenvalue weighted by Crippen LogP contribution is -2.28. The summed E-state index contributed by atoms with van der Waals surface area (Å²) in [5, 5.41) is 0. The van der Waals surface area contributed by atoms with Gasteiger partial charge in [0.2, 0.25) is 0 Å². The lowest BCUT2D eigenvalue weighted by molar-refractivity contribution is 0.00414. The fraction of sp³-hybridized carbons (Fsp3) is 0.538. The molecule has 1 nitrogen and oxygen atoms in total. The van der Waals surface area contributed by atoms with Crippen molar-refractivity contribution in [1.29, 1.82) is 0 Å². The van der Waals surface area contributed by atoms with Gasteiger partial charge in [-0.3, -0.25) is 0 Å².